The molecule has 4 nitrogen and oxygen atoms in total. The molecule has 6 heteroatoms. The molecule has 26 heavy (non-hydrogen) atoms. The van der Waals surface area contributed by atoms with Crippen molar-refractivity contribution in [1.29, 1.82) is 0 Å². The van der Waals surface area contributed by atoms with Crippen LogP contribution >= 0.6 is 0 Å². The topological polar surface area (TPSA) is 63.6 Å². The Morgan fingerprint density at radius 1 is 0.846 bits per heavy atom. The molecule has 0 spiro atoms. The number of carboxylic acids is 1. The highest BCUT2D eigenvalue weighted by Crippen LogP contribution is 2.37. The van der Waals surface area contributed by atoms with Crippen molar-refractivity contribution >= 4 is 12.4 Å². The van der Waals surface area contributed by atoms with Crippen LogP contribution in [-0.4, -0.2) is 17.5 Å². The minimum atomic E-state index is -1.23. The van der Waals surface area contributed by atoms with Gasteiger partial charge in [0.25, 0.3) is 6.47 Å². The highest BCUT2D eigenvalue weighted by atomic mass is 19.1. The average Bonchev–Trinajstić information content (AvgIpc) is 2.63. The van der Waals surface area contributed by atoms with Gasteiger partial charge in [-0.1, -0.05) is 24.3 Å². The second kappa shape index (κ2) is 7.14. The van der Waals surface area contributed by atoms with Gasteiger partial charge in [0.15, 0.2) is 0 Å². The summed E-state index contributed by atoms with van der Waals surface area (Å²) in [5, 5.41) is 9.50. The maximum atomic E-state index is 13.2. The minimum Gasteiger partial charge on any atom is -0.478 e. The SMILES string of the molecule is O=COc1cc(C(=O)O)c(-c2ccc(F)cc2)cc1-c1ccc(F)cc1. The van der Waals surface area contributed by atoms with Gasteiger partial charge in [-0.05, 0) is 53.1 Å². The second-order valence-electron chi connectivity index (χ2n) is 5.43. The first-order valence-corrected chi connectivity index (χ1v) is 7.53. The molecule has 0 aliphatic heterocycles. The van der Waals surface area contributed by atoms with Gasteiger partial charge < -0.3 is 9.84 Å². The monoisotopic (exact) mass is 354 g/mol. The van der Waals surface area contributed by atoms with Crippen LogP contribution in [0.1, 0.15) is 10.4 Å². The van der Waals surface area contributed by atoms with Crippen LogP contribution in [-0.2, 0) is 4.79 Å². The molecule has 3 rings (SSSR count). The zero-order chi connectivity index (χ0) is 18.7. The molecule has 0 aliphatic rings. The number of carboxylic acid groups (broad SMARTS) is 1. The molecule has 0 heterocycles. The van der Waals surface area contributed by atoms with Crippen LogP contribution in [0.15, 0.2) is 60.7 Å². The van der Waals surface area contributed by atoms with Gasteiger partial charge in [-0.2, -0.15) is 0 Å². The number of ether oxygens (including phenoxy) is 1. The molecule has 0 bridgehead atoms. The van der Waals surface area contributed by atoms with E-state index in [-0.39, 0.29) is 17.8 Å². The molecule has 0 aliphatic carbocycles. The summed E-state index contributed by atoms with van der Waals surface area (Å²) in [5.41, 5.74) is 1.61. The standard InChI is InChI=1S/C20H12F2O4/c21-14-5-1-12(2-6-14)16-9-17(13-3-7-15(22)8-4-13)19(26-11-23)10-18(16)20(24)25/h1-11H,(H,24,25). The molecule has 0 saturated heterocycles. The Bertz CT molecular complexity index is 964. The van der Waals surface area contributed by atoms with Crippen LogP contribution in [0.2, 0.25) is 0 Å². The Labute approximate surface area is 147 Å². The molecular weight excluding hydrogens is 342 g/mol. The van der Waals surface area contributed by atoms with E-state index in [2.05, 4.69) is 0 Å². The Morgan fingerprint density at radius 3 is 1.81 bits per heavy atom. The largest absolute Gasteiger partial charge is 0.478 e. The average molecular weight is 354 g/mol. The summed E-state index contributed by atoms with van der Waals surface area (Å²) in [5.74, 6) is -2.10. The third-order valence-electron chi connectivity index (χ3n) is 3.84. The van der Waals surface area contributed by atoms with Gasteiger partial charge >= 0.3 is 5.97 Å². The van der Waals surface area contributed by atoms with Gasteiger partial charge in [-0.3, -0.25) is 4.79 Å². The maximum absolute atomic E-state index is 13.2. The van der Waals surface area contributed by atoms with Gasteiger partial charge in [0, 0.05) is 5.56 Å². The van der Waals surface area contributed by atoms with Gasteiger partial charge in [0.2, 0.25) is 0 Å². The number of rotatable bonds is 5. The molecule has 3 aromatic carbocycles. The van der Waals surface area contributed by atoms with Crippen molar-refractivity contribution in [3.63, 3.8) is 0 Å². The number of carbonyl (C=O) groups excluding carboxylic acids is 1. The van der Waals surface area contributed by atoms with Crippen molar-refractivity contribution in [3.05, 3.63) is 77.9 Å². The van der Waals surface area contributed by atoms with Crippen molar-refractivity contribution in [1.82, 2.24) is 0 Å². The van der Waals surface area contributed by atoms with Crippen LogP contribution in [0.4, 0.5) is 8.78 Å². The smallest absolute Gasteiger partial charge is 0.336 e. The van der Waals surface area contributed by atoms with Crippen molar-refractivity contribution in [2.45, 2.75) is 0 Å². The summed E-state index contributed by atoms with van der Waals surface area (Å²) in [6, 6.07) is 13.5. The number of benzene rings is 3. The van der Waals surface area contributed by atoms with E-state index in [4.69, 9.17) is 4.74 Å². The van der Waals surface area contributed by atoms with Crippen LogP contribution in [0.5, 0.6) is 5.75 Å². The highest BCUT2D eigenvalue weighted by molar-refractivity contribution is 5.98. The molecular formula is C20H12F2O4. The fourth-order valence-electron chi connectivity index (χ4n) is 2.63. The van der Waals surface area contributed by atoms with Crippen molar-refractivity contribution in [3.8, 4) is 28.0 Å². The third-order valence-corrected chi connectivity index (χ3v) is 3.84. The van der Waals surface area contributed by atoms with E-state index in [0.29, 0.717) is 22.3 Å². The number of hydrogen-bond acceptors (Lipinski definition) is 3. The zero-order valence-corrected chi connectivity index (χ0v) is 13.3. The summed E-state index contributed by atoms with van der Waals surface area (Å²) in [6.07, 6.45) is 0. The number of aromatic carboxylic acids is 1. The van der Waals surface area contributed by atoms with E-state index in [1.54, 1.807) is 0 Å². The maximum Gasteiger partial charge on any atom is 0.336 e. The normalized spacial score (nSPS) is 10.4. The van der Waals surface area contributed by atoms with Crippen LogP contribution in [0.3, 0.4) is 0 Å². The van der Waals surface area contributed by atoms with E-state index < -0.39 is 17.6 Å². The Balaban J connectivity index is 2.26. The van der Waals surface area contributed by atoms with Crippen molar-refractivity contribution < 1.29 is 28.2 Å². The molecule has 0 saturated carbocycles. The number of halogens is 2. The predicted octanol–water partition coefficient (Wildman–Crippen LogP) is 4.53. The molecule has 130 valence electrons. The molecule has 1 N–H and O–H groups in total. The summed E-state index contributed by atoms with van der Waals surface area (Å²) >= 11 is 0. The van der Waals surface area contributed by atoms with Gasteiger partial charge in [-0.15, -0.1) is 0 Å². The van der Waals surface area contributed by atoms with E-state index in [1.165, 1.54) is 60.7 Å². The van der Waals surface area contributed by atoms with E-state index in [0.717, 1.165) is 0 Å². The molecule has 0 fully saturated rings. The third kappa shape index (κ3) is 3.44. The Kier molecular flexibility index (Phi) is 4.75. The number of hydrogen-bond donors (Lipinski definition) is 1. The molecule has 0 radical (unpaired) electrons. The molecule has 0 amide bonds. The lowest BCUT2D eigenvalue weighted by atomic mass is 9.93. The number of carbonyl (C=O) groups is 2. The Hall–Kier alpha value is -3.54. The van der Waals surface area contributed by atoms with Gasteiger partial charge in [-0.25, -0.2) is 13.6 Å². The first-order valence-electron chi connectivity index (χ1n) is 7.53. The summed E-state index contributed by atoms with van der Waals surface area (Å²) in [6.45, 7) is 0.186. The molecule has 0 unspecified atom stereocenters. The summed E-state index contributed by atoms with van der Waals surface area (Å²) in [4.78, 5) is 22.5. The van der Waals surface area contributed by atoms with Crippen LogP contribution < -0.4 is 4.74 Å². The second-order valence-corrected chi connectivity index (χ2v) is 5.43. The molecule has 0 atom stereocenters. The molecule has 3 aromatic rings. The quantitative estimate of drug-likeness (QED) is 0.684. The fourth-order valence-corrected chi connectivity index (χ4v) is 2.63. The summed E-state index contributed by atoms with van der Waals surface area (Å²) < 4.78 is 31.3. The molecule has 0 aromatic heterocycles. The highest BCUT2D eigenvalue weighted by Gasteiger charge is 2.18. The van der Waals surface area contributed by atoms with Crippen molar-refractivity contribution in [2.75, 3.05) is 0 Å². The van der Waals surface area contributed by atoms with E-state index >= 15 is 0 Å². The lowest BCUT2D eigenvalue weighted by Crippen LogP contribution is -2.03. The van der Waals surface area contributed by atoms with Crippen LogP contribution in [0.25, 0.3) is 22.3 Å². The van der Waals surface area contributed by atoms with E-state index in [1.807, 2.05) is 0 Å². The predicted molar refractivity (Wildman–Crippen MR) is 90.9 cm³/mol. The van der Waals surface area contributed by atoms with Gasteiger partial charge in [0.1, 0.15) is 17.4 Å². The Morgan fingerprint density at radius 2 is 1.35 bits per heavy atom. The van der Waals surface area contributed by atoms with Crippen molar-refractivity contribution in [2.24, 2.45) is 0 Å². The first kappa shape index (κ1) is 17.3. The first-order chi connectivity index (χ1) is 12.5. The van der Waals surface area contributed by atoms with Gasteiger partial charge in [0.05, 0.1) is 5.56 Å². The fraction of sp³-hybridized carbons (Fsp3) is 0. The lowest BCUT2D eigenvalue weighted by Gasteiger charge is -2.14. The zero-order valence-electron chi connectivity index (χ0n) is 13.3. The minimum absolute atomic E-state index is 0.0230. The summed E-state index contributed by atoms with van der Waals surface area (Å²) in [7, 11) is 0. The van der Waals surface area contributed by atoms with Crippen LogP contribution in [0, 0.1) is 11.6 Å². The lowest BCUT2D eigenvalue weighted by molar-refractivity contribution is -0.120. The van der Waals surface area contributed by atoms with E-state index in [9.17, 15) is 23.5 Å².